The molecule has 0 unspecified atom stereocenters. The standard InChI is InChI=1S/C13H15N3O/c1-9-4-5-11(10(2)6-9)17-13-7-12(14-3)15-8-16-13/h4-8H,1-3H3,(H,14,15,16). The lowest BCUT2D eigenvalue weighted by Crippen LogP contribution is -1.95. The monoisotopic (exact) mass is 229 g/mol. The van der Waals surface area contributed by atoms with Gasteiger partial charge in [-0.1, -0.05) is 17.7 Å². The summed E-state index contributed by atoms with van der Waals surface area (Å²) in [4.78, 5) is 8.11. The summed E-state index contributed by atoms with van der Waals surface area (Å²) in [6.07, 6.45) is 1.48. The van der Waals surface area contributed by atoms with Crippen molar-refractivity contribution in [3.05, 3.63) is 41.7 Å². The maximum Gasteiger partial charge on any atom is 0.224 e. The second-order valence-corrected chi connectivity index (χ2v) is 3.86. The van der Waals surface area contributed by atoms with Gasteiger partial charge in [0, 0.05) is 13.1 Å². The Morgan fingerprint density at radius 3 is 2.65 bits per heavy atom. The highest BCUT2D eigenvalue weighted by Gasteiger charge is 2.03. The van der Waals surface area contributed by atoms with Crippen LogP contribution in [0.2, 0.25) is 0 Å². The molecule has 0 radical (unpaired) electrons. The van der Waals surface area contributed by atoms with Crippen LogP contribution < -0.4 is 10.1 Å². The van der Waals surface area contributed by atoms with Crippen molar-refractivity contribution in [2.45, 2.75) is 13.8 Å². The molecule has 0 aliphatic carbocycles. The van der Waals surface area contributed by atoms with E-state index in [0.717, 1.165) is 17.1 Å². The van der Waals surface area contributed by atoms with Crippen molar-refractivity contribution < 1.29 is 4.74 Å². The average Bonchev–Trinajstić information content (AvgIpc) is 2.33. The van der Waals surface area contributed by atoms with Gasteiger partial charge in [0.2, 0.25) is 5.88 Å². The molecule has 88 valence electrons. The predicted molar refractivity (Wildman–Crippen MR) is 67.6 cm³/mol. The third-order valence-corrected chi connectivity index (χ3v) is 2.44. The summed E-state index contributed by atoms with van der Waals surface area (Å²) in [6.45, 7) is 4.07. The van der Waals surface area contributed by atoms with Crippen molar-refractivity contribution in [3.63, 3.8) is 0 Å². The van der Waals surface area contributed by atoms with Crippen molar-refractivity contribution >= 4 is 5.82 Å². The number of rotatable bonds is 3. The summed E-state index contributed by atoms with van der Waals surface area (Å²) in [5.74, 6) is 2.09. The van der Waals surface area contributed by atoms with Crippen LogP contribution in [0.5, 0.6) is 11.6 Å². The van der Waals surface area contributed by atoms with Gasteiger partial charge in [0.25, 0.3) is 0 Å². The molecule has 0 atom stereocenters. The van der Waals surface area contributed by atoms with Gasteiger partial charge in [-0.2, -0.15) is 0 Å². The summed E-state index contributed by atoms with van der Waals surface area (Å²) in [5.41, 5.74) is 2.31. The van der Waals surface area contributed by atoms with E-state index < -0.39 is 0 Å². The summed E-state index contributed by atoms with van der Waals surface area (Å²) in [7, 11) is 1.81. The van der Waals surface area contributed by atoms with Crippen molar-refractivity contribution in [2.24, 2.45) is 0 Å². The van der Waals surface area contributed by atoms with E-state index in [9.17, 15) is 0 Å². The van der Waals surface area contributed by atoms with E-state index in [4.69, 9.17) is 4.74 Å². The summed E-state index contributed by atoms with van der Waals surface area (Å²) in [6, 6.07) is 7.81. The Morgan fingerprint density at radius 1 is 1.12 bits per heavy atom. The molecule has 0 spiro atoms. The quantitative estimate of drug-likeness (QED) is 0.879. The first-order chi connectivity index (χ1) is 8.19. The van der Waals surface area contributed by atoms with Crippen molar-refractivity contribution in [1.82, 2.24) is 9.97 Å². The first-order valence-electron chi connectivity index (χ1n) is 5.44. The van der Waals surface area contributed by atoms with Crippen LogP contribution >= 0.6 is 0 Å². The Bertz CT molecular complexity index is 526. The Kier molecular flexibility index (Phi) is 3.23. The molecule has 0 bridgehead atoms. The van der Waals surface area contributed by atoms with E-state index in [-0.39, 0.29) is 0 Å². The minimum atomic E-state index is 0.538. The van der Waals surface area contributed by atoms with Gasteiger partial charge in [0.05, 0.1) is 0 Å². The number of hydrogen-bond donors (Lipinski definition) is 1. The maximum atomic E-state index is 5.72. The van der Waals surface area contributed by atoms with E-state index in [0.29, 0.717) is 5.88 Å². The fraction of sp³-hybridized carbons (Fsp3) is 0.231. The molecule has 4 heteroatoms. The van der Waals surface area contributed by atoms with Gasteiger partial charge < -0.3 is 10.1 Å². The number of anilines is 1. The molecular weight excluding hydrogens is 214 g/mol. The fourth-order valence-electron chi connectivity index (χ4n) is 1.56. The highest BCUT2D eigenvalue weighted by Crippen LogP contribution is 2.24. The molecule has 1 aromatic heterocycles. The Balaban J connectivity index is 2.25. The van der Waals surface area contributed by atoms with Crippen LogP contribution in [-0.4, -0.2) is 17.0 Å². The molecule has 0 aliphatic heterocycles. The average molecular weight is 229 g/mol. The van der Waals surface area contributed by atoms with Crippen molar-refractivity contribution in [3.8, 4) is 11.6 Å². The molecule has 17 heavy (non-hydrogen) atoms. The highest BCUT2D eigenvalue weighted by atomic mass is 16.5. The molecule has 0 aliphatic rings. The van der Waals surface area contributed by atoms with Crippen LogP contribution in [0, 0.1) is 13.8 Å². The van der Waals surface area contributed by atoms with Crippen LogP contribution in [0.15, 0.2) is 30.6 Å². The van der Waals surface area contributed by atoms with Crippen LogP contribution in [-0.2, 0) is 0 Å². The first kappa shape index (κ1) is 11.4. The van der Waals surface area contributed by atoms with Crippen LogP contribution in [0.4, 0.5) is 5.82 Å². The number of nitrogens with one attached hydrogen (secondary N) is 1. The highest BCUT2D eigenvalue weighted by molar-refractivity contribution is 5.41. The van der Waals surface area contributed by atoms with E-state index in [2.05, 4.69) is 28.3 Å². The number of benzene rings is 1. The van der Waals surface area contributed by atoms with Crippen molar-refractivity contribution in [2.75, 3.05) is 12.4 Å². The zero-order valence-corrected chi connectivity index (χ0v) is 10.2. The topological polar surface area (TPSA) is 47.0 Å². The first-order valence-corrected chi connectivity index (χ1v) is 5.44. The third-order valence-electron chi connectivity index (χ3n) is 2.44. The van der Waals surface area contributed by atoms with Gasteiger partial charge in [0.1, 0.15) is 17.9 Å². The van der Waals surface area contributed by atoms with Gasteiger partial charge in [-0.3, -0.25) is 0 Å². The minimum absolute atomic E-state index is 0.538. The van der Waals surface area contributed by atoms with Gasteiger partial charge >= 0.3 is 0 Å². The normalized spacial score (nSPS) is 10.1. The zero-order chi connectivity index (χ0) is 12.3. The number of aryl methyl sites for hydroxylation is 2. The Morgan fingerprint density at radius 2 is 1.94 bits per heavy atom. The predicted octanol–water partition coefficient (Wildman–Crippen LogP) is 2.93. The van der Waals surface area contributed by atoms with E-state index in [1.807, 2.05) is 26.1 Å². The molecule has 0 saturated heterocycles. The van der Waals surface area contributed by atoms with Gasteiger partial charge in [-0.25, -0.2) is 9.97 Å². The molecule has 2 rings (SSSR count). The lowest BCUT2D eigenvalue weighted by molar-refractivity contribution is 0.458. The SMILES string of the molecule is CNc1cc(Oc2ccc(C)cc2C)ncn1. The lowest BCUT2D eigenvalue weighted by Gasteiger charge is -2.08. The maximum absolute atomic E-state index is 5.72. The molecule has 1 heterocycles. The Hall–Kier alpha value is -2.10. The number of aromatic nitrogens is 2. The fourth-order valence-corrected chi connectivity index (χ4v) is 1.56. The second kappa shape index (κ2) is 4.82. The molecule has 1 aromatic carbocycles. The van der Waals surface area contributed by atoms with E-state index in [1.54, 1.807) is 6.07 Å². The lowest BCUT2D eigenvalue weighted by atomic mass is 10.1. The molecule has 0 fully saturated rings. The second-order valence-electron chi connectivity index (χ2n) is 3.86. The third kappa shape index (κ3) is 2.72. The van der Waals surface area contributed by atoms with E-state index in [1.165, 1.54) is 11.9 Å². The smallest absolute Gasteiger partial charge is 0.224 e. The van der Waals surface area contributed by atoms with Crippen molar-refractivity contribution in [1.29, 1.82) is 0 Å². The Labute approximate surface area is 101 Å². The molecule has 2 aromatic rings. The van der Waals surface area contributed by atoms with E-state index >= 15 is 0 Å². The molecule has 4 nitrogen and oxygen atoms in total. The minimum Gasteiger partial charge on any atom is -0.439 e. The number of ether oxygens (including phenoxy) is 1. The molecular formula is C13H15N3O. The summed E-state index contributed by atoms with van der Waals surface area (Å²) < 4.78 is 5.72. The van der Waals surface area contributed by atoms with Gasteiger partial charge in [-0.05, 0) is 25.5 Å². The summed E-state index contributed by atoms with van der Waals surface area (Å²) >= 11 is 0. The summed E-state index contributed by atoms with van der Waals surface area (Å²) in [5, 5.41) is 2.95. The van der Waals surface area contributed by atoms with Gasteiger partial charge in [0.15, 0.2) is 0 Å². The van der Waals surface area contributed by atoms with Crippen LogP contribution in [0.3, 0.4) is 0 Å². The largest absolute Gasteiger partial charge is 0.439 e. The van der Waals surface area contributed by atoms with Crippen LogP contribution in [0.1, 0.15) is 11.1 Å². The van der Waals surface area contributed by atoms with Gasteiger partial charge in [-0.15, -0.1) is 0 Å². The number of hydrogen-bond acceptors (Lipinski definition) is 4. The zero-order valence-electron chi connectivity index (χ0n) is 10.2. The molecule has 0 saturated carbocycles. The molecule has 1 N–H and O–H groups in total. The van der Waals surface area contributed by atoms with Crippen LogP contribution in [0.25, 0.3) is 0 Å². The molecule has 0 amide bonds. The number of nitrogens with zero attached hydrogens (tertiary/aromatic N) is 2.